The minimum Gasteiger partial charge on any atom is -0.294 e. The van der Waals surface area contributed by atoms with Crippen LogP contribution in [0.4, 0.5) is 0 Å². The van der Waals surface area contributed by atoms with Gasteiger partial charge in [0.15, 0.2) is 5.78 Å². The first-order valence-electron chi connectivity index (χ1n) is 6.14. The molecular formula is C14H13Br2IN2O. The zero-order chi connectivity index (χ0) is 14.9. The second kappa shape index (κ2) is 6.70. The SMILES string of the molecule is CCn1nc(C)c(Br)c1CC(=O)c1cc(I)ccc1Br. The number of hydrogen-bond acceptors (Lipinski definition) is 2. The molecule has 106 valence electrons. The van der Waals surface area contributed by atoms with Crippen molar-refractivity contribution < 1.29 is 4.79 Å². The molecule has 0 saturated carbocycles. The lowest BCUT2D eigenvalue weighted by Gasteiger charge is -2.07. The molecule has 1 heterocycles. The van der Waals surface area contributed by atoms with Gasteiger partial charge in [-0.1, -0.05) is 15.9 Å². The molecule has 0 spiro atoms. The predicted molar refractivity (Wildman–Crippen MR) is 95.2 cm³/mol. The number of rotatable bonds is 4. The number of hydrogen-bond donors (Lipinski definition) is 0. The van der Waals surface area contributed by atoms with Crippen LogP contribution in [0.3, 0.4) is 0 Å². The zero-order valence-corrected chi connectivity index (χ0v) is 16.4. The van der Waals surface area contributed by atoms with Gasteiger partial charge in [0.1, 0.15) is 0 Å². The van der Waals surface area contributed by atoms with Crippen LogP contribution in [0, 0.1) is 10.5 Å². The number of carbonyl (C=O) groups excluding carboxylic acids is 1. The Labute approximate surface area is 148 Å². The Morgan fingerprint density at radius 2 is 2.10 bits per heavy atom. The minimum absolute atomic E-state index is 0.0886. The lowest BCUT2D eigenvalue weighted by atomic mass is 10.1. The van der Waals surface area contributed by atoms with E-state index in [9.17, 15) is 4.79 Å². The standard InChI is InChI=1S/C14H13Br2IN2O/c1-3-19-12(14(16)8(2)18-19)7-13(20)10-6-9(17)4-5-11(10)15/h4-6H,3,7H2,1-2H3. The number of ketones is 1. The number of carbonyl (C=O) groups is 1. The summed E-state index contributed by atoms with van der Waals surface area (Å²) in [5.41, 5.74) is 2.56. The number of aryl methyl sites for hydroxylation is 2. The molecule has 0 N–H and O–H groups in total. The second-order valence-corrected chi connectivity index (χ2v) is 7.28. The van der Waals surface area contributed by atoms with E-state index in [1.807, 2.05) is 36.7 Å². The Hall–Kier alpha value is -0.210. The highest BCUT2D eigenvalue weighted by atomic mass is 127. The number of halogens is 3. The first-order chi connectivity index (χ1) is 9.43. The third-order valence-corrected chi connectivity index (χ3v) is 5.40. The summed E-state index contributed by atoms with van der Waals surface area (Å²) in [6.45, 7) is 4.71. The summed E-state index contributed by atoms with van der Waals surface area (Å²) in [5.74, 6) is 0.0886. The molecule has 0 atom stereocenters. The summed E-state index contributed by atoms with van der Waals surface area (Å²) >= 11 is 9.18. The summed E-state index contributed by atoms with van der Waals surface area (Å²) in [7, 11) is 0. The van der Waals surface area contributed by atoms with Crippen molar-refractivity contribution in [3.63, 3.8) is 0 Å². The maximum Gasteiger partial charge on any atom is 0.170 e. The topological polar surface area (TPSA) is 34.9 Å². The molecule has 6 heteroatoms. The first kappa shape index (κ1) is 16.2. The average molecular weight is 512 g/mol. The van der Waals surface area contributed by atoms with E-state index in [0.717, 1.165) is 30.4 Å². The Balaban J connectivity index is 2.35. The molecule has 0 saturated heterocycles. The van der Waals surface area contributed by atoms with Crippen LogP contribution >= 0.6 is 54.5 Å². The molecule has 0 radical (unpaired) electrons. The molecule has 0 bridgehead atoms. The monoisotopic (exact) mass is 510 g/mol. The van der Waals surface area contributed by atoms with E-state index in [-0.39, 0.29) is 5.78 Å². The van der Waals surface area contributed by atoms with E-state index in [2.05, 4.69) is 59.5 Å². The molecule has 2 rings (SSSR count). The minimum atomic E-state index is 0.0886. The van der Waals surface area contributed by atoms with Crippen LogP contribution < -0.4 is 0 Å². The quantitative estimate of drug-likeness (QED) is 0.438. The van der Waals surface area contributed by atoms with Crippen LogP contribution in [0.25, 0.3) is 0 Å². The van der Waals surface area contributed by atoms with Gasteiger partial charge < -0.3 is 0 Å². The lowest BCUT2D eigenvalue weighted by molar-refractivity contribution is 0.0989. The van der Waals surface area contributed by atoms with Crippen molar-refractivity contribution in [3.8, 4) is 0 Å². The van der Waals surface area contributed by atoms with Crippen LogP contribution in [0.2, 0.25) is 0 Å². The van der Waals surface area contributed by atoms with E-state index in [1.165, 1.54) is 0 Å². The zero-order valence-electron chi connectivity index (χ0n) is 11.1. The van der Waals surface area contributed by atoms with Gasteiger partial charge in [0.25, 0.3) is 0 Å². The fourth-order valence-corrected chi connectivity index (χ4v) is 3.38. The van der Waals surface area contributed by atoms with Crippen molar-refractivity contribution in [2.24, 2.45) is 0 Å². The molecule has 3 nitrogen and oxygen atoms in total. The van der Waals surface area contributed by atoms with E-state index in [0.29, 0.717) is 12.0 Å². The van der Waals surface area contributed by atoms with Crippen molar-refractivity contribution in [1.82, 2.24) is 9.78 Å². The number of nitrogens with zero attached hydrogens (tertiary/aromatic N) is 2. The van der Waals surface area contributed by atoms with Crippen molar-refractivity contribution >= 4 is 60.2 Å². The molecule has 0 aliphatic heterocycles. The van der Waals surface area contributed by atoms with Crippen LogP contribution in [-0.4, -0.2) is 15.6 Å². The van der Waals surface area contributed by atoms with E-state index in [1.54, 1.807) is 0 Å². The average Bonchev–Trinajstić information content (AvgIpc) is 2.69. The Kier molecular flexibility index (Phi) is 5.42. The molecule has 20 heavy (non-hydrogen) atoms. The van der Waals surface area contributed by atoms with E-state index in [4.69, 9.17) is 0 Å². The van der Waals surface area contributed by atoms with Crippen molar-refractivity contribution in [1.29, 1.82) is 0 Å². The van der Waals surface area contributed by atoms with Gasteiger partial charge in [-0.2, -0.15) is 5.10 Å². The van der Waals surface area contributed by atoms with E-state index >= 15 is 0 Å². The lowest BCUT2D eigenvalue weighted by Crippen LogP contribution is -2.11. The molecule has 1 aromatic heterocycles. The largest absolute Gasteiger partial charge is 0.294 e. The van der Waals surface area contributed by atoms with Gasteiger partial charge in [-0.3, -0.25) is 9.48 Å². The van der Waals surface area contributed by atoms with Gasteiger partial charge in [0.05, 0.1) is 22.3 Å². The van der Waals surface area contributed by atoms with Crippen LogP contribution in [0.5, 0.6) is 0 Å². The van der Waals surface area contributed by atoms with Gasteiger partial charge >= 0.3 is 0 Å². The van der Waals surface area contributed by atoms with Crippen molar-refractivity contribution in [2.75, 3.05) is 0 Å². The summed E-state index contributed by atoms with van der Waals surface area (Å²) in [6.07, 6.45) is 0.341. The molecule has 0 aliphatic carbocycles. The second-order valence-electron chi connectivity index (χ2n) is 4.39. The predicted octanol–water partition coefficient (Wildman–Crippen LogP) is 4.77. The fourth-order valence-electron chi connectivity index (χ4n) is 2.00. The maximum absolute atomic E-state index is 12.5. The number of Topliss-reactive ketones (excluding diaryl/α,β-unsaturated/α-hetero) is 1. The highest BCUT2D eigenvalue weighted by molar-refractivity contribution is 14.1. The normalized spacial score (nSPS) is 10.8. The van der Waals surface area contributed by atoms with Gasteiger partial charge in [0, 0.05) is 20.2 Å². The van der Waals surface area contributed by atoms with Crippen LogP contribution in [-0.2, 0) is 13.0 Å². The third-order valence-electron chi connectivity index (χ3n) is 3.01. The highest BCUT2D eigenvalue weighted by Crippen LogP contribution is 2.25. The Morgan fingerprint density at radius 1 is 1.40 bits per heavy atom. The summed E-state index contributed by atoms with van der Waals surface area (Å²) in [5, 5.41) is 4.42. The fraction of sp³-hybridized carbons (Fsp3) is 0.286. The highest BCUT2D eigenvalue weighted by Gasteiger charge is 2.18. The molecule has 0 fully saturated rings. The van der Waals surface area contributed by atoms with E-state index < -0.39 is 0 Å². The molecular weight excluding hydrogens is 499 g/mol. The van der Waals surface area contributed by atoms with Gasteiger partial charge in [-0.15, -0.1) is 0 Å². The molecule has 1 aromatic carbocycles. The summed E-state index contributed by atoms with van der Waals surface area (Å²) in [6, 6.07) is 5.78. The molecule has 2 aromatic rings. The Morgan fingerprint density at radius 3 is 2.75 bits per heavy atom. The van der Waals surface area contributed by atoms with Crippen molar-refractivity contribution in [2.45, 2.75) is 26.8 Å². The van der Waals surface area contributed by atoms with Crippen molar-refractivity contribution in [3.05, 3.63) is 47.7 Å². The first-order valence-corrected chi connectivity index (χ1v) is 8.80. The molecule has 0 aliphatic rings. The number of benzene rings is 1. The third kappa shape index (κ3) is 3.33. The number of aromatic nitrogens is 2. The summed E-state index contributed by atoms with van der Waals surface area (Å²) < 4.78 is 4.68. The van der Waals surface area contributed by atoms with Gasteiger partial charge in [-0.05, 0) is 70.6 Å². The molecule has 0 amide bonds. The Bertz CT molecular complexity index is 667. The van der Waals surface area contributed by atoms with Gasteiger partial charge in [-0.25, -0.2) is 0 Å². The summed E-state index contributed by atoms with van der Waals surface area (Å²) in [4.78, 5) is 12.5. The van der Waals surface area contributed by atoms with Gasteiger partial charge in [0.2, 0.25) is 0 Å². The maximum atomic E-state index is 12.5. The van der Waals surface area contributed by atoms with Crippen LogP contribution in [0.1, 0.15) is 28.7 Å². The molecule has 0 unspecified atom stereocenters. The smallest absolute Gasteiger partial charge is 0.170 e. The van der Waals surface area contributed by atoms with Crippen LogP contribution in [0.15, 0.2) is 27.1 Å².